The summed E-state index contributed by atoms with van der Waals surface area (Å²) in [5, 5.41) is 1.03. The molecule has 4 rings (SSSR count). The number of carbonyl (C=O) groups excluding carboxylic acids is 1. The second kappa shape index (κ2) is 8.76. The van der Waals surface area contributed by atoms with Gasteiger partial charge >= 0.3 is 0 Å². The fourth-order valence-electron chi connectivity index (χ4n) is 3.49. The molecule has 0 unspecified atom stereocenters. The largest absolute Gasteiger partial charge is 0.294 e. The van der Waals surface area contributed by atoms with Gasteiger partial charge in [-0.1, -0.05) is 87.7 Å². The van der Waals surface area contributed by atoms with Crippen LogP contribution in [0.1, 0.15) is 27.8 Å². The molecule has 1 aromatic heterocycles. The Labute approximate surface area is 185 Å². The van der Waals surface area contributed by atoms with E-state index in [0.29, 0.717) is 5.57 Å². The molecule has 0 radical (unpaired) electrons. The van der Waals surface area contributed by atoms with Crippen LogP contribution in [0.5, 0.6) is 0 Å². The number of benzene rings is 3. The second-order valence-corrected chi connectivity index (χ2v) is 8.39. The third-order valence-electron chi connectivity index (χ3n) is 5.21. The molecule has 0 amide bonds. The first-order chi connectivity index (χ1) is 14.5. The van der Waals surface area contributed by atoms with Crippen LogP contribution in [0.4, 0.5) is 0 Å². The van der Waals surface area contributed by atoms with Crippen LogP contribution < -0.4 is 0 Å². The third-order valence-corrected chi connectivity index (χ3v) is 5.95. The van der Waals surface area contributed by atoms with E-state index in [0.717, 1.165) is 32.1 Å². The van der Waals surface area contributed by atoms with E-state index in [1.54, 1.807) is 6.20 Å². The van der Waals surface area contributed by atoms with Gasteiger partial charge in [0.1, 0.15) is 0 Å². The second-order valence-electron chi connectivity index (χ2n) is 7.54. The highest BCUT2D eigenvalue weighted by Gasteiger charge is 2.17. The van der Waals surface area contributed by atoms with Crippen LogP contribution >= 0.6 is 15.9 Å². The standard InChI is InChI=1S/C27H22BrNO/c1-18-5-9-20(10-6-18)16-23(21-11-7-19(2)8-12-21)26(30)17-24-25(28)14-13-22-4-3-15-29-27(22)24/h3-16H,17H2,1-2H3/b23-16+. The van der Waals surface area contributed by atoms with E-state index in [1.807, 2.05) is 73.7 Å². The number of fused-ring (bicyclic) bond motifs is 1. The molecule has 2 nitrogen and oxygen atoms in total. The fourth-order valence-corrected chi connectivity index (χ4v) is 3.95. The van der Waals surface area contributed by atoms with E-state index in [4.69, 9.17) is 0 Å². The van der Waals surface area contributed by atoms with Gasteiger partial charge in [-0.25, -0.2) is 0 Å². The molecular weight excluding hydrogens is 434 g/mol. The van der Waals surface area contributed by atoms with E-state index in [2.05, 4.69) is 40.0 Å². The molecule has 148 valence electrons. The summed E-state index contributed by atoms with van der Waals surface area (Å²) in [6.45, 7) is 4.11. The maximum atomic E-state index is 13.5. The molecule has 0 fully saturated rings. The third kappa shape index (κ3) is 4.42. The number of nitrogens with zero attached hydrogens (tertiary/aromatic N) is 1. The molecular formula is C27H22BrNO. The van der Waals surface area contributed by atoms with E-state index >= 15 is 0 Å². The Morgan fingerprint density at radius 2 is 1.57 bits per heavy atom. The Morgan fingerprint density at radius 1 is 0.900 bits per heavy atom. The minimum Gasteiger partial charge on any atom is -0.294 e. The van der Waals surface area contributed by atoms with Crippen molar-refractivity contribution in [3.05, 3.63) is 111 Å². The van der Waals surface area contributed by atoms with Gasteiger partial charge in [-0.15, -0.1) is 0 Å². The monoisotopic (exact) mass is 455 g/mol. The minimum absolute atomic E-state index is 0.0679. The van der Waals surface area contributed by atoms with Gasteiger partial charge in [0.15, 0.2) is 5.78 Å². The van der Waals surface area contributed by atoms with Gasteiger partial charge < -0.3 is 0 Å². The van der Waals surface area contributed by atoms with Crippen molar-refractivity contribution in [2.45, 2.75) is 20.3 Å². The molecule has 0 saturated heterocycles. The van der Waals surface area contributed by atoms with Crippen molar-refractivity contribution in [1.82, 2.24) is 4.98 Å². The summed E-state index contributed by atoms with van der Waals surface area (Å²) < 4.78 is 0.903. The number of aromatic nitrogens is 1. The Hall–Kier alpha value is -3.04. The lowest BCUT2D eigenvalue weighted by Gasteiger charge is -2.11. The van der Waals surface area contributed by atoms with Crippen LogP contribution in [0.3, 0.4) is 0 Å². The molecule has 0 aliphatic heterocycles. The minimum atomic E-state index is 0.0679. The molecule has 0 aliphatic carbocycles. The topological polar surface area (TPSA) is 30.0 Å². The predicted octanol–water partition coefficient (Wildman–Crippen LogP) is 6.97. The number of Topliss-reactive ketones (excluding diaryl/α,β-unsaturated/α-hetero) is 1. The van der Waals surface area contributed by atoms with Crippen LogP contribution in [0, 0.1) is 13.8 Å². The normalized spacial score (nSPS) is 11.6. The van der Waals surface area contributed by atoms with Gasteiger partial charge in [-0.05, 0) is 43.2 Å². The molecule has 30 heavy (non-hydrogen) atoms. The van der Waals surface area contributed by atoms with E-state index in [-0.39, 0.29) is 12.2 Å². The molecule has 0 N–H and O–H groups in total. The van der Waals surface area contributed by atoms with Gasteiger partial charge in [0.25, 0.3) is 0 Å². The summed E-state index contributed by atoms with van der Waals surface area (Å²) in [4.78, 5) is 18.1. The van der Waals surface area contributed by atoms with Gasteiger partial charge in [0.2, 0.25) is 0 Å². The lowest BCUT2D eigenvalue weighted by Crippen LogP contribution is -2.07. The van der Waals surface area contributed by atoms with Crippen molar-refractivity contribution in [3.8, 4) is 0 Å². The molecule has 0 aliphatic rings. The maximum Gasteiger partial charge on any atom is 0.167 e. The number of ketones is 1. The number of rotatable bonds is 5. The Balaban J connectivity index is 1.78. The SMILES string of the molecule is Cc1ccc(/C=C(/C(=O)Cc2c(Br)ccc3cccnc23)c2ccc(C)cc2)cc1. The summed E-state index contributed by atoms with van der Waals surface area (Å²) in [7, 11) is 0. The van der Waals surface area contributed by atoms with Crippen LogP contribution in [-0.2, 0) is 11.2 Å². The highest BCUT2D eigenvalue weighted by molar-refractivity contribution is 9.10. The number of pyridine rings is 1. The molecule has 4 aromatic rings. The number of carbonyl (C=O) groups is 1. The number of hydrogen-bond donors (Lipinski definition) is 0. The number of allylic oxidation sites excluding steroid dienone is 1. The maximum absolute atomic E-state index is 13.5. The van der Waals surface area contributed by atoms with Crippen molar-refractivity contribution in [3.63, 3.8) is 0 Å². The molecule has 0 spiro atoms. The Morgan fingerprint density at radius 3 is 2.27 bits per heavy atom. The lowest BCUT2D eigenvalue weighted by molar-refractivity contribution is -0.113. The number of aryl methyl sites for hydroxylation is 2. The highest BCUT2D eigenvalue weighted by atomic mass is 79.9. The Bertz CT molecular complexity index is 1240. The van der Waals surface area contributed by atoms with Crippen molar-refractivity contribution >= 4 is 44.3 Å². The first-order valence-corrected chi connectivity index (χ1v) is 10.7. The van der Waals surface area contributed by atoms with Gasteiger partial charge in [-0.3, -0.25) is 9.78 Å². The lowest BCUT2D eigenvalue weighted by atomic mass is 9.93. The number of hydrogen-bond acceptors (Lipinski definition) is 2. The molecule has 3 aromatic carbocycles. The smallest absolute Gasteiger partial charge is 0.167 e. The van der Waals surface area contributed by atoms with E-state index < -0.39 is 0 Å². The van der Waals surface area contributed by atoms with E-state index in [9.17, 15) is 4.79 Å². The summed E-state index contributed by atoms with van der Waals surface area (Å²) >= 11 is 3.62. The molecule has 3 heteroatoms. The highest BCUT2D eigenvalue weighted by Crippen LogP contribution is 2.28. The summed E-state index contributed by atoms with van der Waals surface area (Å²) in [6.07, 6.45) is 4.03. The van der Waals surface area contributed by atoms with Crippen molar-refractivity contribution in [2.24, 2.45) is 0 Å². The average molecular weight is 456 g/mol. The Kier molecular flexibility index (Phi) is 5.91. The predicted molar refractivity (Wildman–Crippen MR) is 128 cm³/mol. The number of halogens is 1. The van der Waals surface area contributed by atoms with Crippen molar-refractivity contribution < 1.29 is 4.79 Å². The van der Waals surface area contributed by atoms with Crippen molar-refractivity contribution in [2.75, 3.05) is 0 Å². The first-order valence-electron chi connectivity index (χ1n) is 9.92. The van der Waals surface area contributed by atoms with Crippen LogP contribution in [-0.4, -0.2) is 10.8 Å². The zero-order valence-corrected chi connectivity index (χ0v) is 18.6. The van der Waals surface area contributed by atoms with E-state index in [1.165, 1.54) is 11.1 Å². The van der Waals surface area contributed by atoms with Gasteiger partial charge in [-0.2, -0.15) is 0 Å². The van der Waals surface area contributed by atoms with Gasteiger partial charge in [0.05, 0.1) is 5.52 Å². The average Bonchev–Trinajstić information content (AvgIpc) is 2.76. The summed E-state index contributed by atoms with van der Waals surface area (Å²) in [5.74, 6) is 0.0679. The summed E-state index contributed by atoms with van der Waals surface area (Å²) in [5.41, 5.74) is 6.79. The molecule has 0 bridgehead atoms. The van der Waals surface area contributed by atoms with Crippen LogP contribution in [0.2, 0.25) is 0 Å². The zero-order chi connectivity index (χ0) is 21.1. The van der Waals surface area contributed by atoms with Crippen LogP contribution in [0.25, 0.3) is 22.6 Å². The first kappa shape index (κ1) is 20.2. The summed E-state index contributed by atoms with van der Waals surface area (Å²) in [6, 6.07) is 24.3. The van der Waals surface area contributed by atoms with Gasteiger partial charge in [0, 0.05) is 33.6 Å². The van der Waals surface area contributed by atoms with Crippen LogP contribution in [0.15, 0.2) is 83.5 Å². The quantitative estimate of drug-likeness (QED) is 0.240. The fraction of sp³-hybridized carbons (Fsp3) is 0.111. The molecule has 0 atom stereocenters. The zero-order valence-electron chi connectivity index (χ0n) is 17.0. The molecule has 1 heterocycles. The van der Waals surface area contributed by atoms with Crippen molar-refractivity contribution in [1.29, 1.82) is 0 Å². The molecule has 0 saturated carbocycles.